The van der Waals surface area contributed by atoms with Crippen molar-refractivity contribution in [1.29, 1.82) is 5.41 Å². The molecule has 0 spiro atoms. The number of amidine groups is 1. The highest BCUT2D eigenvalue weighted by Gasteiger charge is 2.17. The Labute approximate surface area is 58.5 Å². The molecule has 0 radical (unpaired) electrons. The van der Waals surface area contributed by atoms with Crippen molar-refractivity contribution >= 4 is 17.9 Å². The Morgan fingerprint density at radius 2 is 2.50 bits per heavy atom. The Morgan fingerprint density at radius 3 is 2.90 bits per heavy atom. The van der Waals surface area contributed by atoms with Crippen LogP contribution in [-0.2, 0) is 0 Å². The van der Waals surface area contributed by atoms with E-state index in [-0.39, 0.29) is 11.9 Å². The van der Waals surface area contributed by atoms with E-state index in [1.54, 1.807) is 6.92 Å². The van der Waals surface area contributed by atoms with Gasteiger partial charge in [0.2, 0.25) is 0 Å². The van der Waals surface area contributed by atoms with Gasteiger partial charge in [0.05, 0.1) is 0 Å². The highest BCUT2D eigenvalue weighted by Crippen LogP contribution is 1.95. The summed E-state index contributed by atoms with van der Waals surface area (Å²) in [5.74, 6) is 5.34. The molecular formula is C5H9N5. The van der Waals surface area contributed by atoms with Crippen LogP contribution >= 0.6 is 0 Å². The molecule has 0 aromatic carbocycles. The molecule has 0 saturated carbocycles. The topological polar surface area (TPSA) is 86.6 Å². The number of hydrogen-bond donors (Lipinski definition) is 3. The molecule has 54 valence electrons. The van der Waals surface area contributed by atoms with Gasteiger partial charge in [-0.15, -0.1) is 0 Å². The number of nitrogens with one attached hydrogen (secondary N) is 2. The Morgan fingerprint density at radius 1 is 1.80 bits per heavy atom. The van der Waals surface area contributed by atoms with E-state index in [1.165, 1.54) is 6.34 Å². The molecule has 1 unspecified atom stereocenters. The summed E-state index contributed by atoms with van der Waals surface area (Å²) >= 11 is 0. The van der Waals surface area contributed by atoms with Crippen molar-refractivity contribution < 1.29 is 0 Å². The van der Waals surface area contributed by atoms with Crippen LogP contribution in [0, 0.1) is 5.41 Å². The van der Waals surface area contributed by atoms with Crippen LogP contribution in [0.5, 0.6) is 0 Å². The van der Waals surface area contributed by atoms with E-state index in [4.69, 9.17) is 11.3 Å². The summed E-state index contributed by atoms with van der Waals surface area (Å²) in [7, 11) is 0. The monoisotopic (exact) mass is 139 g/mol. The highest BCUT2D eigenvalue weighted by molar-refractivity contribution is 6.14. The minimum Gasteiger partial charge on any atom is -0.285 e. The van der Waals surface area contributed by atoms with E-state index >= 15 is 0 Å². The van der Waals surface area contributed by atoms with Gasteiger partial charge in [0.1, 0.15) is 18.2 Å². The van der Waals surface area contributed by atoms with Gasteiger partial charge in [-0.1, -0.05) is 0 Å². The lowest BCUT2D eigenvalue weighted by Crippen LogP contribution is -2.46. The molecule has 0 fully saturated rings. The zero-order chi connectivity index (χ0) is 7.56. The van der Waals surface area contributed by atoms with Crippen LogP contribution in [0.3, 0.4) is 0 Å². The third-order valence-electron chi connectivity index (χ3n) is 1.32. The van der Waals surface area contributed by atoms with Crippen LogP contribution in [0.25, 0.3) is 0 Å². The maximum atomic E-state index is 7.26. The number of rotatable bonds is 1. The summed E-state index contributed by atoms with van der Waals surface area (Å²) in [4.78, 5) is 7.54. The second kappa shape index (κ2) is 2.68. The molecule has 1 heterocycles. The van der Waals surface area contributed by atoms with Crippen molar-refractivity contribution in [3.05, 3.63) is 0 Å². The second-order valence-corrected chi connectivity index (χ2v) is 2.00. The summed E-state index contributed by atoms with van der Waals surface area (Å²) in [6.07, 6.45) is 1.35. The van der Waals surface area contributed by atoms with E-state index in [1.807, 2.05) is 0 Å². The maximum Gasteiger partial charge on any atom is 0.146 e. The van der Waals surface area contributed by atoms with Crippen LogP contribution in [-0.4, -0.2) is 23.9 Å². The Hall–Kier alpha value is -1.07. The van der Waals surface area contributed by atoms with Crippen molar-refractivity contribution in [2.75, 3.05) is 0 Å². The molecule has 0 aromatic heterocycles. The van der Waals surface area contributed by atoms with Crippen LogP contribution in [0.15, 0.2) is 9.98 Å². The van der Waals surface area contributed by atoms with E-state index in [9.17, 15) is 0 Å². The fourth-order valence-corrected chi connectivity index (χ4v) is 0.729. The lowest BCUT2D eigenvalue weighted by Gasteiger charge is -2.15. The van der Waals surface area contributed by atoms with E-state index in [0.29, 0.717) is 0 Å². The minimum atomic E-state index is -0.315. The zero-order valence-corrected chi connectivity index (χ0v) is 5.63. The van der Waals surface area contributed by atoms with Crippen LogP contribution in [0.4, 0.5) is 0 Å². The molecule has 5 heteroatoms. The van der Waals surface area contributed by atoms with Crippen LogP contribution < -0.4 is 11.3 Å². The van der Waals surface area contributed by atoms with Gasteiger partial charge in [0.25, 0.3) is 0 Å². The molecular weight excluding hydrogens is 130 g/mol. The van der Waals surface area contributed by atoms with E-state index in [2.05, 4.69) is 15.4 Å². The average molecular weight is 139 g/mol. The number of nitrogens with zero attached hydrogens (tertiary/aromatic N) is 2. The minimum absolute atomic E-state index is 0.204. The largest absolute Gasteiger partial charge is 0.285 e. The molecule has 1 aliphatic rings. The number of nitrogens with two attached hydrogens (primary N) is 1. The van der Waals surface area contributed by atoms with Crippen molar-refractivity contribution in [1.82, 2.24) is 5.43 Å². The molecule has 5 nitrogen and oxygen atoms in total. The predicted molar refractivity (Wildman–Crippen MR) is 40.4 cm³/mol. The summed E-state index contributed by atoms with van der Waals surface area (Å²) in [6, 6.07) is -0.315. The van der Waals surface area contributed by atoms with Crippen LogP contribution in [0.2, 0.25) is 0 Å². The molecule has 4 N–H and O–H groups in total. The average Bonchev–Trinajstić information content (AvgIpc) is 1.88. The molecule has 0 aliphatic carbocycles. The fourth-order valence-electron chi connectivity index (χ4n) is 0.729. The number of hydrazine groups is 1. The van der Waals surface area contributed by atoms with Gasteiger partial charge in [0, 0.05) is 5.71 Å². The Balaban J connectivity index is 2.81. The third-order valence-corrected chi connectivity index (χ3v) is 1.32. The zero-order valence-electron chi connectivity index (χ0n) is 5.63. The normalized spacial score (nSPS) is 24.8. The van der Waals surface area contributed by atoms with Gasteiger partial charge in [-0.3, -0.25) is 11.3 Å². The smallest absolute Gasteiger partial charge is 0.146 e. The van der Waals surface area contributed by atoms with Gasteiger partial charge < -0.3 is 0 Å². The molecule has 1 atom stereocenters. The van der Waals surface area contributed by atoms with Crippen LogP contribution in [0.1, 0.15) is 6.92 Å². The first kappa shape index (κ1) is 7.04. The van der Waals surface area contributed by atoms with Crippen molar-refractivity contribution in [2.45, 2.75) is 13.0 Å². The summed E-state index contributed by atoms with van der Waals surface area (Å²) in [5, 5.41) is 7.26. The summed E-state index contributed by atoms with van der Waals surface area (Å²) < 4.78 is 0. The third kappa shape index (κ3) is 1.09. The summed E-state index contributed by atoms with van der Waals surface area (Å²) in [5.41, 5.74) is 3.20. The lowest BCUT2D eigenvalue weighted by molar-refractivity contribution is 0.760. The first-order valence-electron chi connectivity index (χ1n) is 2.87. The van der Waals surface area contributed by atoms with Crippen molar-refractivity contribution in [3.8, 4) is 0 Å². The van der Waals surface area contributed by atoms with E-state index < -0.39 is 0 Å². The molecule has 10 heavy (non-hydrogen) atoms. The molecule has 0 bridgehead atoms. The van der Waals surface area contributed by atoms with Gasteiger partial charge >= 0.3 is 0 Å². The maximum absolute atomic E-state index is 7.26. The fraction of sp³-hybridized carbons (Fsp3) is 0.400. The van der Waals surface area contributed by atoms with E-state index in [0.717, 1.165) is 5.71 Å². The van der Waals surface area contributed by atoms with Gasteiger partial charge in [-0.25, -0.2) is 15.4 Å². The molecule has 0 amide bonds. The Kier molecular flexibility index (Phi) is 1.88. The lowest BCUT2D eigenvalue weighted by atomic mass is 10.2. The first-order valence-corrected chi connectivity index (χ1v) is 2.87. The molecule has 1 rings (SSSR count). The highest BCUT2D eigenvalue weighted by atomic mass is 15.3. The van der Waals surface area contributed by atoms with Gasteiger partial charge in [-0.05, 0) is 6.92 Å². The predicted octanol–water partition coefficient (Wildman–Crippen LogP) is -0.702. The Bertz CT molecular complexity index is 204. The molecule has 0 aromatic rings. The van der Waals surface area contributed by atoms with Gasteiger partial charge in [-0.2, -0.15) is 0 Å². The van der Waals surface area contributed by atoms with Gasteiger partial charge in [0.15, 0.2) is 0 Å². The standard InChI is InChI=1S/C5H9N5/c1-3-4(10-7)5(6)9-2-8-3/h2,4,6,10H,7H2,1H3. The first-order chi connectivity index (χ1) is 4.75. The number of hydrogen-bond acceptors (Lipinski definition) is 4. The molecule has 0 saturated heterocycles. The van der Waals surface area contributed by atoms with Crippen molar-refractivity contribution in [3.63, 3.8) is 0 Å². The number of aliphatic imine (C=N–C) groups is 2. The SMILES string of the molecule is CC1=NC=NC(=N)C1NN. The quantitative estimate of drug-likeness (QED) is 0.331. The summed E-state index contributed by atoms with van der Waals surface area (Å²) in [6.45, 7) is 1.80. The second-order valence-electron chi connectivity index (χ2n) is 2.00. The van der Waals surface area contributed by atoms with Crippen molar-refractivity contribution in [2.24, 2.45) is 15.8 Å². The molecule has 1 aliphatic heterocycles.